The van der Waals surface area contributed by atoms with E-state index in [4.69, 9.17) is 0 Å². The predicted molar refractivity (Wildman–Crippen MR) is 71.9 cm³/mol. The summed E-state index contributed by atoms with van der Waals surface area (Å²) in [5.74, 6) is 1.12. The van der Waals surface area contributed by atoms with Crippen LogP contribution < -0.4 is 5.32 Å². The molecule has 0 bridgehead atoms. The molecule has 19 heavy (non-hydrogen) atoms. The molecule has 2 aliphatic heterocycles. The number of aromatic hydroxyl groups is 1. The Bertz CT molecular complexity index is 634. The highest BCUT2D eigenvalue weighted by atomic mass is 16.3. The molecule has 0 aliphatic carbocycles. The first-order valence-corrected chi connectivity index (χ1v) is 6.09. The van der Waals surface area contributed by atoms with Crippen molar-refractivity contribution in [3.05, 3.63) is 23.3 Å². The Kier molecular flexibility index (Phi) is 2.51. The van der Waals surface area contributed by atoms with Crippen molar-refractivity contribution >= 4 is 23.4 Å². The lowest BCUT2D eigenvalue weighted by molar-refractivity contribution is -0.117. The minimum Gasteiger partial charge on any atom is -0.505 e. The first kappa shape index (κ1) is 11.7. The molecule has 6 heteroatoms. The van der Waals surface area contributed by atoms with Crippen molar-refractivity contribution in [1.29, 1.82) is 0 Å². The molecular formula is C13H14N4O2. The zero-order valence-corrected chi connectivity index (χ0v) is 10.8. The molecule has 1 aromatic rings. The van der Waals surface area contributed by atoms with Crippen LogP contribution in [0.4, 0.5) is 5.69 Å². The molecular weight excluding hydrogens is 244 g/mol. The molecule has 0 spiro atoms. The van der Waals surface area contributed by atoms with Gasteiger partial charge in [0.15, 0.2) is 0 Å². The van der Waals surface area contributed by atoms with E-state index in [1.54, 1.807) is 0 Å². The molecule has 6 nitrogen and oxygen atoms in total. The summed E-state index contributed by atoms with van der Waals surface area (Å²) in [6.45, 7) is 4.58. The van der Waals surface area contributed by atoms with Gasteiger partial charge in [-0.25, -0.2) is 4.99 Å². The lowest BCUT2D eigenvalue weighted by Gasteiger charge is -2.27. The maximum absolute atomic E-state index is 11.2. The van der Waals surface area contributed by atoms with Gasteiger partial charge >= 0.3 is 0 Å². The van der Waals surface area contributed by atoms with E-state index >= 15 is 0 Å². The second-order valence-electron chi connectivity index (χ2n) is 4.60. The van der Waals surface area contributed by atoms with E-state index in [2.05, 4.69) is 15.3 Å². The number of guanidine groups is 1. The van der Waals surface area contributed by atoms with Gasteiger partial charge in [0.2, 0.25) is 11.9 Å². The van der Waals surface area contributed by atoms with Crippen LogP contribution in [-0.4, -0.2) is 40.8 Å². The van der Waals surface area contributed by atoms with Gasteiger partial charge in [0.25, 0.3) is 0 Å². The number of carbonyl (C=O) groups excluding carboxylic acids is 1. The summed E-state index contributed by atoms with van der Waals surface area (Å²) in [6, 6.07) is 3.74. The van der Waals surface area contributed by atoms with E-state index in [0.717, 1.165) is 17.0 Å². The Balaban J connectivity index is 2.19. The van der Waals surface area contributed by atoms with Gasteiger partial charge in [-0.15, -0.1) is 0 Å². The standard InChI is InChI=1S/C13H14N4O2/c1-7-3-4-9-10(11(7)19)16-13(15-8(2)18)17-6-5-14-12(9)17/h3-4,19H,5-6H2,1-2H3,(H,15,16,18). The number of benzene rings is 1. The number of phenolic OH excluding ortho intramolecular Hbond substituents is 1. The lowest BCUT2D eigenvalue weighted by atomic mass is 10.1. The number of carbonyl (C=O) groups is 1. The Labute approximate surface area is 110 Å². The smallest absolute Gasteiger partial charge is 0.223 e. The van der Waals surface area contributed by atoms with Gasteiger partial charge in [0.1, 0.15) is 17.3 Å². The van der Waals surface area contributed by atoms with Gasteiger partial charge in [-0.05, 0) is 18.6 Å². The van der Waals surface area contributed by atoms with Gasteiger partial charge in [-0.3, -0.25) is 20.0 Å². The first-order valence-electron chi connectivity index (χ1n) is 6.09. The van der Waals surface area contributed by atoms with Crippen molar-refractivity contribution in [1.82, 2.24) is 10.2 Å². The number of aliphatic imine (C=N–C) groups is 2. The molecule has 2 aliphatic rings. The van der Waals surface area contributed by atoms with Crippen molar-refractivity contribution in [2.75, 3.05) is 13.1 Å². The molecule has 0 fully saturated rings. The lowest BCUT2D eigenvalue weighted by Crippen LogP contribution is -2.47. The number of phenols is 1. The van der Waals surface area contributed by atoms with E-state index in [-0.39, 0.29) is 11.7 Å². The fourth-order valence-corrected chi connectivity index (χ4v) is 2.28. The van der Waals surface area contributed by atoms with E-state index < -0.39 is 0 Å². The van der Waals surface area contributed by atoms with Crippen molar-refractivity contribution < 1.29 is 9.90 Å². The topological polar surface area (TPSA) is 77.3 Å². The fraction of sp³-hybridized carbons (Fsp3) is 0.308. The van der Waals surface area contributed by atoms with Crippen molar-refractivity contribution in [3.63, 3.8) is 0 Å². The second kappa shape index (κ2) is 4.08. The van der Waals surface area contributed by atoms with E-state index in [0.29, 0.717) is 24.7 Å². The molecule has 2 N–H and O–H groups in total. The Morgan fingerprint density at radius 1 is 1.47 bits per heavy atom. The Hall–Kier alpha value is -2.37. The van der Waals surface area contributed by atoms with Gasteiger partial charge in [0.05, 0.1) is 6.54 Å². The predicted octanol–water partition coefficient (Wildman–Crippen LogP) is 0.900. The molecule has 0 unspecified atom stereocenters. The first-order chi connectivity index (χ1) is 9.08. The maximum atomic E-state index is 11.2. The molecule has 1 amide bonds. The van der Waals surface area contributed by atoms with Crippen LogP contribution in [-0.2, 0) is 4.79 Å². The number of nitrogens with one attached hydrogen (secondary N) is 1. The SMILES string of the molecule is CC(=O)NC1=Nc2c(ccc(C)c2O)C2=NCCN12. The quantitative estimate of drug-likeness (QED) is 0.725. The number of rotatable bonds is 0. The monoisotopic (exact) mass is 258 g/mol. The zero-order chi connectivity index (χ0) is 13.6. The molecule has 2 heterocycles. The second-order valence-corrected chi connectivity index (χ2v) is 4.60. The minimum atomic E-state index is -0.194. The summed E-state index contributed by atoms with van der Waals surface area (Å²) in [7, 11) is 0. The third kappa shape index (κ3) is 1.76. The number of hydrogen-bond acceptors (Lipinski definition) is 5. The number of fused-ring (bicyclic) bond motifs is 3. The van der Waals surface area contributed by atoms with Crippen LogP contribution in [0.2, 0.25) is 0 Å². The molecule has 0 aromatic heterocycles. The van der Waals surface area contributed by atoms with Crippen LogP contribution in [0.15, 0.2) is 22.1 Å². The summed E-state index contributed by atoms with van der Waals surface area (Å²) < 4.78 is 0. The highest BCUT2D eigenvalue weighted by molar-refractivity contribution is 6.18. The van der Waals surface area contributed by atoms with Crippen LogP contribution in [0.25, 0.3) is 0 Å². The largest absolute Gasteiger partial charge is 0.505 e. The third-order valence-electron chi connectivity index (χ3n) is 3.20. The number of aryl methyl sites for hydroxylation is 1. The molecule has 0 saturated carbocycles. The molecule has 1 aromatic carbocycles. The van der Waals surface area contributed by atoms with Crippen LogP contribution in [0.1, 0.15) is 18.1 Å². The number of nitrogens with zero attached hydrogens (tertiary/aromatic N) is 3. The highest BCUT2D eigenvalue weighted by Gasteiger charge is 2.31. The van der Waals surface area contributed by atoms with Crippen molar-refractivity contribution in [3.8, 4) is 5.75 Å². The van der Waals surface area contributed by atoms with Crippen LogP contribution >= 0.6 is 0 Å². The summed E-state index contributed by atoms with van der Waals surface area (Å²) in [6.07, 6.45) is 0. The number of amides is 1. The van der Waals surface area contributed by atoms with E-state index in [9.17, 15) is 9.90 Å². The third-order valence-corrected chi connectivity index (χ3v) is 3.20. The minimum absolute atomic E-state index is 0.134. The average Bonchev–Trinajstić information content (AvgIpc) is 2.83. The average molecular weight is 258 g/mol. The van der Waals surface area contributed by atoms with Crippen LogP contribution in [0.3, 0.4) is 0 Å². The van der Waals surface area contributed by atoms with Gasteiger partial charge in [-0.1, -0.05) is 6.07 Å². The van der Waals surface area contributed by atoms with Crippen LogP contribution in [0.5, 0.6) is 5.75 Å². The summed E-state index contributed by atoms with van der Waals surface area (Å²) in [5, 5.41) is 12.8. The van der Waals surface area contributed by atoms with Gasteiger partial charge in [0, 0.05) is 19.0 Å². The summed E-state index contributed by atoms with van der Waals surface area (Å²) in [5.41, 5.74) is 2.02. The number of amidine groups is 1. The molecule has 3 rings (SSSR count). The van der Waals surface area contributed by atoms with Crippen molar-refractivity contribution in [2.24, 2.45) is 9.98 Å². The number of hydrogen-bond donors (Lipinski definition) is 2. The summed E-state index contributed by atoms with van der Waals surface area (Å²) in [4.78, 5) is 21.9. The van der Waals surface area contributed by atoms with Gasteiger partial charge in [-0.2, -0.15) is 0 Å². The molecule has 0 atom stereocenters. The Morgan fingerprint density at radius 2 is 2.26 bits per heavy atom. The zero-order valence-electron chi connectivity index (χ0n) is 10.8. The van der Waals surface area contributed by atoms with E-state index in [1.165, 1.54) is 6.92 Å². The van der Waals surface area contributed by atoms with Crippen LogP contribution in [0, 0.1) is 6.92 Å². The maximum Gasteiger partial charge on any atom is 0.223 e. The van der Waals surface area contributed by atoms with Crippen molar-refractivity contribution in [2.45, 2.75) is 13.8 Å². The normalized spacial score (nSPS) is 16.4. The highest BCUT2D eigenvalue weighted by Crippen LogP contribution is 2.37. The molecule has 0 radical (unpaired) electrons. The van der Waals surface area contributed by atoms with Gasteiger partial charge < -0.3 is 5.11 Å². The summed E-state index contributed by atoms with van der Waals surface area (Å²) >= 11 is 0. The molecule has 98 valence electrons. The molecule has 0 saturated heterocycles. The fourth-order valence-electron chi connectivity index (χ4n) is 2.28. The Morgan fingerprint density at radius 3 is 3.00 bits per heavy atom. The van der Waals surface area contributed by atoms with E-state index in [1.807, 2.05) is 24.0 Å².